The quantitative estimate of drug-likeness (QED) is 0.840. The van der Waals surface area contributed by atoms with Gasteiger partial charge >= 0.3 is 0 Å². The van der Waals surface area contributed by atoms with Crippen LogP contribution in [0, 0.1) is 6.92 Å². The first kappa shape index (κ1) is 11.4. The topological polar surface area (TPSA) is 62.5 Å². The van der Waals surface area contributed by atoms with Crippen LogP contribution in [0.3, 0.4) is 0 Å². The summed E-state index contributed by atoms with van der Waals surface area (Å²) in [6.07, 6.45) is 1.83. The van der Waals surface area contributed by atoms with E-state index < -0.39 is 0 Å². The average Bonchev–Trinajstić information content (AvgIpc) is 2.70. The van der Waals surface area contributed by atoms with E-state index in [9.17, 15) is 4.79 Å². The molecular weight excluding hydrogens is 218 g/mol. The summed E-state index contributed by atoms with van der Waals surface area (Å²) in [4.78, 5) is 17.2. The van der Waals surface area contributed by atoms with Crippen molar-refractivity contribution in [2.45, 2.75) is 6.92 Å². The second-order valence-corrected chi connectivity index (χ2v) is 4.04. The molecule has 90 valence electrons. The molecule has 0 aliphatic heterocycles. The summed E-state index contributed by atoms with van der Waals surface area (Å²) in [7, 11) is 3.43. The molecule has 0 aliphatic carbocycles. The van der Waals surface area contributed by atoms with Crippen molar-refractivity contribution in [1.82, 2.24) is 19.5 Å². The SMILES string of the molecule is Cc1cccn2nc(NCC(=O)N(C)C)nc12. The predicted octanol–water partition coefficient (Wildman–Crippen LogP) is 0.538. The van der Waals surface area contributed by atoms with Gasteiger partial charge in [0.15, 0.2) is 5.65 Å². The van der Waals surface area contributed by atoms with Crippen LogP contribution in [0.4, 0.5) is 5.95 Å². The van der Waals surface area contributed by atoms with Gasteiger partial charge in [0.25, 0.3) is 0 Å². The summed E-state index contributed by atoms with van der Waals surface area (Å²) in [5, 5.41) is 7.14. The van der Waals surface area contributed by atoms with E-state index in [1.165, 1.54) is 4.90 Å². The lowest BCUT2D eigenvalue weighted by molar-refractivity contribution is -0.126. The number of hydrogen-bond donors (Lipinski definition) is 1. The summed E-state index contributed by atoms with van der Waals surface area (Å²) >= 11 is 0. The van der Waals surface area contributed by atoms with Crippen molar-refractivity contribution >= 4 is 17.5 Å². The molecule has 0 fully saturated rings. The number of nitrogens with one attached hydrogen (secondary N) is 1. The Bertz CT molecular complexity index is 546. The highest BCUT2D eigenvalue weighted by atomic mass is 16.2. The molecule has 0 aliphatic rings. The van der Waals surface area contributed by atoms with Gasteiger partial charge in [0.2, 0.25) is 11.9 Å². The molecule has 0 unspecified atom stereocenters. The molecule has 6 heteroatoms. The Labute approximate surface area is 99.3 Å². The number of nitrogens with zero attached hydrogens (tertiary/aromatic N) is 4. The summed E-state index contributed by atoms with van der Waals surface area (Å²) in [6, 6.07) is 3.88. The van der Waals surface area contributed by atoms with E-state index in [1.807, 2.05) is 25.3 Å². The highest BCUT2D eigenvalue weighted by Crippen LogP contribution is 2.09. The standard InChI is InChI=1S/C11H15N5O/c1-8-5-4-6-16-10(8)13-11(14-16)12-7-9(17)15(2)3/h4-6H,7H2,1-3H3,(H,12,14). The van der Waals surface area contributed by atoms with Gasteiger partial charge < -0.3 is 10.2 Å². The van der Waals surface area contributed by atoms with Crippen LogP contribution in [0.1, 0.15) is 5.56 Å². The fraction of sp³-hybridized carbons (Fsp3) is 0.364. The molecule has 0 atom stereocenters. The van der Waals surface area contributed by atoms with Crippen LogP contribution >= 0.6 is 0 Å². The molecule has 6 nitrogen and oxygen atoms in total. The molecule has 0 saturated carbocycles. The molecule has 0 saturated heterocycles. The van der Waals surface area contributed by atoms with Crippen LogP contribution in [0.15, 0.2) is 18.3 Å². The number of likely N-dealkylation sites (N-methyl/N-ethyl adjacent to an activating group) is 1. The number of rotatable bonds is 3. The van der Waals surface area contributed by atoms with Gasteiger partial charge in [0.1, 0.15) is 0 Å². The van der Waals surface area contributed by atoms with Gasteiger partial charge in [-0.15, -0.1) is 5.10 Å². The normalized spacial score (nSPS) is 10.5. The Hall–Kier alpha value is -2.11. The Morgan fingerprint density at radius 1 is 1.53 bits per heavy atom. The fourth-order valence-corrected chi connectivity index (χ4v) is 1.43. The minimum atomic E-state index is -0.0134. The van der Waals surface area contributed by atoms with E-state index in [0.29, 0.717) is 5.95 Å². The predicted molar refractivity (Wildman–Crippen MR) is 64.9 cm³/mol. The third kappa shape index (κ3) is 2.35. The minimum absolute atomic E-state index is 0.0134. The van der Waals surface area contributed by atoms with Crippen LogP contribution in [0.25, 0.3) is 5.65 Å². The maximum Gasteiger partial charge on any atom is 0.243 e. The van der Waals surface area contributed by atoms with E-state index in [1.54, 1.807) is 18.6 Å². The summed E-state index contributed by atoms with van der Waals surface area (Å²) in [5.41, 5.74) is 1.85. The lowest BCUT2D eigenvalue weighted by atomic mass is 10.3. The number of fused-ring (bicyclic) bond motifs is 1. The smallest absolute Gasteiger partial charge is 0.243 e. The van der Waals surface area contributed by atoms with E-state index in [-0.39, 0.29) is 12.5 Å². The second-order valence-electron chi connectivity index (χ2n) is 4.04. The van der Waals surface area contributed by atoms with Crippen molar-refractivity contribution in [2.24, 2.45) is 0 Å². The van der Waals surface area contributed by atoms with Crippen LogP contribution in [0.2, 0.25) is 0 Å². The highest BCUT2D eigenvalue weighted by Gasteiger charge is 2.07. The molecule has 2 heterocycles. The molecule has 0 aromatic carbocycles. The maximum atomic E-state index is 11.4. The van der Waals surface area contributed by atoms with Gasteiger partial charge in [-0.2, -0.15) is 4.98 Å². The number of pyridine rings is 1. The fourth-order valence-electron chi connectivity index (χ4n) is 1.43. The summed E-state index contributed by atoms with van der Waals surface area (Å²) in [5.74, 6) is 0.454. The average molecular weight is 233 g/mol. The Morgan fingerprint density at radius 2 is 2.29 bits per heavy atom. The zero-order valence-corrected chi connectivity index (χ0v) is 10.1. The van der Waals surface area contributed by atoms with E-state index >= 15 is 0 Å². The van der Waals surface area contributed by atoms with Crippen LogP contribution in [-0.2, 0) is 4.79 Å². The van der Waals surface area contributed by atoms with Crippen molar-refractivity contribution in [1.29, 1.82) is 0 Å². The van der Waals surface area contributed by atoms with Gasteiger partial charge in [-0.1, -0.05) is 6.07 Å². The number of aryl methyl sites for hydroxylation is 1. The third-order valence-electron chi connectivity index (χ3n) is 2.45. The van der Waals surface area contributed by atoms with E-state index in [4.69, 9.17) is 0 Å². The number of anilines is 1. The number of hydrogen-bond acceptors (Lipinski definition) is 4. The van der Waals surface area contributed by atoms with Gasteiger partial charge in [-0.25, -0.2) is 4.52 Å². The zero-order chi connectivity index (χ0) is 12.4. The Morgan fingerprint density at radius 3 is 2.94 bits per heavy atom. The maximum absolute atomic E-state index is 11.4. The summed E-state index contributed by atoms with van der Waals surface area (Å²) < 4.78 is 1.69. The molecule has 2 aromatic rings. The first-order valence-electron chi connectivity index (χ1n) is 5.34. The molecular formula is C11H15N5O. The number of aromatic nitrogens is 3. The van der Waals surface area contributed by atoms with Crippen LogP contribution < -0.4 is 5.32 Å². The molecule has 0 spiro atoms. The molecule has 0 bridgehead atoms. The number of carbonyl (C=O) groups excluding carboxylic acids is 1. The monoisotopic (exact) mass is 233 g/mol. The first-order valence-corrected chi connectivity index (χ1v) is 5.34. The van der Waals surface area contributed by atoms with Crippen molar-refractivity contribution in [3.63, 3.8) is 0 Å². The van der Waals surface area contributed by atoms with E-state index in [0.717, 1.165) is 11.2 Å². The Kier molecular flexibility index (Phi) is 2.95. The minimum Gasteiger partial charge on any atom is -0.347 e. The van der Waals surface area contributed by atoms with Crippen molar-refractivity contribution < 1.29 is 4.79 Å². The third-order valence-corrected chi connectivity index (χ3v) is 2.45. The van der Waals surface area contributed by atoms with Crippen molar-refractivity contribution in [3.05, 3.63) is 23.9 Å². The molecule has 17 heavy (non-hydrogen) atoms. The molecule has 1 amide bonds. The molecule has 2 rings (SSSR count). The largest absolute Gasteiger partial charge is 0.347 e. The van der Waals surface area contributed by atoms with Gasteiger partial charge in [0.05, 0.1) is 6.54 Å². The molecule has 2 aromatic heterocycles. The van der Waals surface area contributed by atoms with Gasteiger partial charge in [-0.3, -0.25) is 4.79 Å². The summed E-state index contributed by atoms with van der Waals surface area (Å²) in [6.45, 7) is 2.17. The van der Waals surface area contributed by atoms with Crippen molar-refractivity contribution in [3.8, 4) is 0 Å². The first-order chi connectivity index (χ1) is 8.08. The van der Waals surface area contributed by atoms with Gasteiger partial charge in [-0.05, 0) is 18.6 Å². The highest BCUT2D eigenvalue weighted by molar-refractivity contribution is 5.79. The second kappa shape index (κ2) is 4.40. The van der Waals surface area contributed by atoms with Crippen LogP contribution in [0.5, 0.6) is 0 Å². The molecule has 1 N–H and O–H groups in total. The van der Waals surface area contributed by atoms with Gasteiger partial charge in [0, 0.05) is 20.3 Å². The lowest BCUT2D eigenvalue weighted by Gasteiger charge is -2.09. The Balaban J connectivity index is 2.15. The lowest BCUT2D eigenvalue weighted by Crippen LogP contribution is -2.28. The van der Waals surface area contributed by atoms with Crippen LogP contribution in [-0.4, -0.2) is 46.0 Å². The van der Waals surface area contributed by atoms with Crippen molar-refractivity contribution in [2.75, 3.05) is 26.0 Å². The zero-order valence-electron chi connectivity index (χ0n) is 10.1. The van der Waals surface area contributed by atoms with E-state index in [2.05, 4.69) is 15.4 Å². The number of carbonyl (C=O) groups is 1. The number of amides is 1. The molecule has 0 radical (unpaired) electrons.